The van der Waals surface area contributed by atoms with Crippen LogP contribution in [0, 0.1) is 0 Å². The smallest absolute Gasteiger partial charge is 0.380 e. The second kappa shape index (κ2) is 5.31. The molecule has 0 radical (unpaired) electrons. The summed E-state index contributed by atoms with van der Waals surface area (Å²) in [6.07, 6.45) is -2.89. The van der Waals surface area contributed by atoms with E-state index in [9.17, 15) is 13.2 Å². The van der Waals surface area contributed by atoms with Crippen molar-refractivity contribution in [2.24, 2.45) is 5.73 Å². The van der Waals surface area contributed by atoms with Crippen molar-refractivity contribution in [2.45, 2.75) is 31.2 Å². The number of nitrogens with one attached hydrogen (secondary N) is 1. The molecule has 23 heavy (non-hydrogen) atoms. The molecule has 2 aromatic rings. The zero-order valence-electron chi connectivity index (χ0n) is 12.7. The Morgan fingerprint density at radius 2 is 2.22 bits per heavy atom. The molecule has 126 valence electrons. The summed E-state index contributed by atoms with van der Waals surface area (Å²) in [6, 6.07) is 0. The zero-order valence-corrected chi connectivity index (χ0v) is 12.7. The van der Waals surface area contributed by atoms with Crippen molar-refractivity contribution in [3.8, 4) is 0 Å². The summed E-state index contributed by atoms with van der Waals surface area (Å²) in [4.78, 5) is 15.6. The fraction of sp³-hybridized carbons (Fsp3) is 0.615. The fourth-order valence-electron chi connectivity index (χ4n) is 2.92. The number of alkyl halides is 3. The number of nitrogens with two attached hydrogens (primary N) is 1. The Morgan fingerprint density at radius 1 is 1.48 bits per heavy atom. The minimum absolute atomic E-state index is 0.0254. The summed E-state index contributed by atoms with van der Waals surface area (Å²) in [7, 11) is 1.57. The molecule has 3 N–H and O–H groups in total. The van der Waals surface area contributed by atoms with Gasteiger partial charge < -0.3 is 20.4 Å². The number of methoxy groups -OCH3 is 1. The second-order valence-corrected chi connectivity index (χ2v) is 5.84. The van der Waals surface area contributed by atoms with Crippen LogP contribution in [-0.2, 0) is 10.9 Å². The lowest BCUT2D eigenvalue weighted by atomic mass is 9.98. The van der Waals surface area contributed by atoms with Gasteiger partial charge >= 0.3 is 6.18 Å². The summed E-state index contributed by atoms with van der Waals surface area (Å²) < 4.78 is 44.6. The largest absolute Gasteiger partial charge is 0.451 e. The molecule has 0 spiro atoms. The third kappa shape index (κ3) is 2.61. The van der Waals surface area contributed by atoms with Crippen molar-refractivity contribution in [1.82, 2.24) is 19.9 Å². The molecule has 10 heteroatoms. The molecule has 2 aromatic heterocycles. The van der Waals surface area contributed by atoms with E-state index in [1.54, 1.807) is 12.0 Å². The third-order valence-electron chi connectivity index (χ3n) is 4.25. The highest BCUT2D eigenvalue weighted by atomic mass is 19.4. The van der Waals surface area contributed by atoms with E-state index >= 15 is 0 Å². The van der Waals surface area contributed by atoms with Crippen LogP contribution in [0.4, 0.5) is 19.0 Å². The average Bonchev–Trinajstić information content (AvgIpc) is 3.09. The lowest BCUT2D eigenvalue weighted by molar-refractivity contribution is -0.144. The Balaban J connectivity index is 2.16. The van der Waals surface area contributed by atoms with Crippen LogP contribution in [0.5, 0.6) is 0 Å². The first-order valence-corrected chi connectivity index (χ1v) is 7.07. The average molecular weight is 330 g/mol. The summed E-state index contributed by atoms with van der Waals surface area (Å²) in [5.41, 5.74) is 5.64. The number of anilines is 1. The first kappa shape index (κ1) is 15.9. The Bertz CT molecular complexity index is 717. The number of nitrogens with zero attached hydrogens (tertiary/aromatic N) is 4. The summed E-state index contributed by atoms with van der Waals surface area (Å²) in [5, 5.41) is 0. The van der Waals surface area contributed by atoms with Crippen LogP contribution in [0.1, 0.15) is 19.2 Å². The van der Waals surface area contributed by atoms with E-state index in [0.29, 0.717) is 18.5 Å². The van der Waals surface area contributed by atoms with Gasteiger partial charge in [-0.1, -0.05) is 0 Å². The lowest BCUT2D eigenvalue weighted by Gasteiger charge is -2.34. The maximum absolute atomic E-state index is 13.1. The maximum Gasteiger partial charge on any atom is 0.451 e. The van der Waals surface area contributed by atoms with Gasteiger partial charge in [-0.05, 0) is 13.3 Å². The summed E-state index contributed by atoms with van der Waals surface area (Å²) in [5.74, 6) is -1.07. The summed E-state index contributed by atoms with van der Waals surface area (Å²) >= 11 is 0. The van der Waals surface area contributed by atoms with Crippen molar-refractivity contribution in [3.63, 3.8) is 0 Å². The number of H-pyrrole nitrogens is 1. The van der Waals surface area contributed by atoms with Crippen LogP contribution in [-0.4, -0.2) is 51.8 Å². The minimum atomic E-state index is -4.65. The van der Waals surface area contributed by atoms with E-state index in [-0.39, 0.29) is 24.1 Å². The minimum Gasteiger partial charge on any atom is -0.380 e. The standard InChI is InChI=1S/C13H17F3N6O/c1-12(5-17)3-7(23-2)4-22(12)10-8-9(19-6-18-8)20-11(21-10)13(14,15)16/h6-7H,3-5,17H2,1-2H3,(H,18,19,20,21). The molecule has 7 nitrogen and oxygen atoms in total. The lowest BCUT2D eigenvalue weighted by Crippen LogP contribution is -2.48. The van der Waals surface area contributed by atoms with Crippen LogP contribution >= 0.6 is 0 Å². The fourth-order valence-corrected chi connectivity index (χ4v) is 2.92. The van der Waals surface area contributed by atoms with Gasteiger partial charge in [-0.15, -0.1) is 0 Å². The van der Waals surface area contributed by atoms with E-state index in [4.69, 9.17) is 10.5 Å². The quantitative estimate of drug-likeness (QED) is 0.881. The topological polar surface area (TPSA) is 93.0 Å². The molecule has 0 amide bonds. The number of halogens is 3. The van der Waals surface area contributed by atoms with Crippen molar-refractivity contribution in [1.29, 1.82) is 0 Å². The second-order valence-electron chi connectivity index (χ2n) is 5.84. The highest BCUT2D eigenvalue weighted by Crippen LogP contribution is 2.38. The molecule has 0 saturated carbocycles. The number of fused-ring (bicyclic) bond motifs is 1. The van der Waals surface area contributed by atoms with Crippen LogP contribution in [0.3, 0.4) is 0 Å². The Morgan fingerprint density at radius 3 is 2.83 bits per heavy atom. The van der Waals surface area contributed by atoms with E-state index in [0.717, 1.165) is 0 Å². The number of rotatable bonds is 3. The monoisotopic (exact) mass is 330 g/mol. The van der Waals surface area contributed by atoms with Crippen molar-refractivity contribution >= 4 is 17.0 Å². The van der Waals surface area contributed by atoms with Gasteiger partial charge in [-0.2, -0.15) is 13.2 Å². The Hall–Kier alpha value is -1.94. The van der Waals surface area contributed by atoms with Gasteiger partial charge in [0.2, 0.25) is 5.82 Å². The normalized spacial score (nSPS) is 25.5. The van der Waals surface area contributed by atoms with Gasteiger partial charge in [0.05, 0.1) is 18.0 Å². The molecular formula is C13H17F3N6O. The molecular weight excluding hydrogens is 313 g/mol. The highest BCUT2D eigenvalue weighted by molar-refractivity contribution is 5.83. The van der Waals surface area contributed by atoms with Gasteiger partial charge in [-0.3, -0.25) is 0 Å². The van der Waals surface area contributed by atoms with Crippen molar-refractivity contribution < 1.29 is 17.9 Å². The molecule has 1 saturated heterocycles. The molecule has 1 aliphatic heterocycles. The van der Waals surface area contributed by atoms with Crippen LogP contribution in [0.25, 0.3) is 11.2 Å². The zero-order chi connectivity index (χ0) is 16.8. The van der Waals surface area contributed by atoms with E-state index in [2.05, 4.69) is 19.9 Å². The van der Waals surface area contributed by atoms with Crippen LogP contribution in [0.2, 0.25) is 0 Å². The number of hydrogen-bond donors (Lipinski definition) is 2. The predicted octanol–water partition coefficient (Wildman–Crippen LogP) is 1.31. The van der Waals surface area contributed by atoms with Crippen LogP contribution in [0.15, 0.2) is 6.33 Å². The van der Waals surface area contributed by atoms with E-state index < -0.39 is 17.5 Å². The number of imidazole rings is 1. The number of hydrogen-bond acceptors (Lipinski definition) is 6. The van der Waals surface area contributed by atoms with Crippen molar-refractivity contribution in [3.05, 3.63) is 12.2 Å². The third-order valence-corrected chi connectivity index (χ3v) is 4.25. The number of aromatic amines is 1. The van der Waals surface area contributed by atoms with Gasteiger partial charge in [0.25, 0.3) is 0 Å². The van der Waals surface area contributed by atoms with E-state index in [1.165, 1.54) is 6.33 Å². The molecule has 0 bridgehead atoms. The Kier molecular flexibility index (Phi) is 3.68. The number of ether oxygens (including phenoxy) is 1. The molecule has 0 aromatic carbocycles. The highest BCUT2D eigenvalue weighted by Gasteiger charge is 2.44. The van der Waals surface area contributed by atoms with Gasteiger partial charge in [0, 0.05) is 20.2 Å². The van der Waals surface area contributed by atoms with E-state index in [1.807, 2.05) is 6.92 Å². The van der Waals surface area contributed by atoms with Gasteiger partial charge in [0.15, 0.2) is 11.5 Å². The first-order valence-electron chi connectivity index (χ1n) is 7.07. The Labute approximate surface area is 130 Å². The number of aromatic nitrogens is 4. The van der Waals surface area contributed by atoms with Gasteiger partial charge in [-0.25, -0.2) is 15.0 Å². The molecule has 0 aliphatic carbocycles. The maximum atomic E-state index is 13.1. The van der Waals surface area contributed by atoms with Crippen molar-refractivity contribution in [2.75, 3.05) is 25.1 Å². The van der Waals surface area contributed by atoms with Gasteiger partial charge in [0.1, 0.15) is 5.52 Å². The SMILES string of the molecule is COC1CN(c2nc(C(F)(F)F)nc3nc[nH]c23)C(C)(CN)C1. The predicted molar refractivity (Wildman–Crippen MR) is 76.9 cm³/mol. The molecule has 1 fully saturated rings. The molecule has 1 aliphatic rings. The molecule has 2 unspecified atom stereocenters. The molecule has 2 atom stereocenters. The van der Waals surface area contributed by atoms with Crippen LogP contribution < -0.4 is 10.6 Å². The first-order chi connectivity index (χ1) is 10.8. The summed E-state index contributed by atoms with van der Waals surface area (Å²) in [6.45, 7) is 2.53. The molecule has 3 rings (SSSR count). The molecule has 3 heterocycles.